The molecule has 0 saturated carbocycles. The fourth-order valence-corrected chi connectivity index (χ4v) is 5.18. The number of hydrogen-bond acceptors (Lipinski definition) is 3. The van der Waals surface area contributed by atoms with E-state index in [0.717, 1.165) is 41.0 Å². The van der Waals surface area contributed by atoms with Gasteiger partial charge in [0.05, 0.1) is 5.69 Å². The summed E-state index contributed by atoms with van der Waals surface area (Å²) in [6.07, 6.45) is 7.29. The van der Waals surface area contributed by atoms with E-state index in [0.29, 0.717) is 6.04 Å². The highest BCUT2D eigenvalue weighted by molar-refractivity contribution is 5.87. The minimum Gasteiger partial charge on any atom is -0.358 e. The van der Waals surface area contributed by atoms with E-state index in [2.05, 4.69) is 33.1 Å². The molecule has 0 bridgehead atoms. The average Bonchev–Trinajstić information content (AvgIpc) is 3.37. The minimum atomic E-state index is -0.0364. The Kier molecular flexibility index (Phi) is 4.95. The van der Waals surface area contributed by atoms with Gasteiger partial charge in [0.1, 0.15) is 0 Å². The van der Waals surface area contributed by atoms with E-state index < -0.39 is 0 Å². The quantitative estimate of drug-likeness (QED) is 0.494. The van der Waals surface area contributed by atoms with Gasteiger partial charge in [0.25, 0.3) is 5.56 Å². The van der Waals surface area contributed by atoms with Crippen LogP contribution < -0.4 is 5.56 Å². The Labute approximate surface area is 187 Å². The maximum Gasteiger partial charge on any atom is 0.255 e. The van der Waals surface area contributed by atoms with E-state index in [-0.39, 0.29) is 18.0 Å². The summed E-state index contributed by atoms with van der Waals surface area (Å²) in [4.78, 5) is 23.5. The maximum atomic E-state index is 12.9. The third-order valence-corrected chi connectivity index (χ3v) is 6.69. The molecule has 1 aromatic carbocycles. The van der Waals surface area contributed by atoms with Gasteiger partial charge in [-0.1, -0.05) is 12.1 Å². The van der Waals surface area contributed by atoms with Crippen molar-refractivity contribution in [2.75, 3.05) is 13.1 Å². The summed E-state index contributed by atoms with van der Waals surface area (Å²) in [5, 5.41) is 1.31. The van der Waals surface area contributed by atoms with Crippen LogP contribution in [0.3, 0.4) is 0 Å². The Hall–Kier alpha value is -2.89. The molecule has 31 heavy (non-hydrogen) atoms. The second-order valence-corrected chi connectivity index (χ2v) is 8.50. The van der Waals surface area contributed by atoms with Crippen LogP contribution in [0.5, 0.6) is 0 Å². The standard InChI is InChI=1S/C25H24N4O.ClH/c1-16-4-5-18(15-26-16)17-8-12-29(24(30)13-17)19-6-7-20-22(14-19)27-21-9-11-28-10-2-3-23(28)25(20)21;/h4-8,12-15,23,27H,2-3,9-11H2,1H3;1H. The molecule has 2 aliphatic heterocycles. The van der Waals surface area contributed by atoms with Crippen molar-refractivity contribution in [3.63, 3.8) is 0 Å². The molecule has 0 amide bonds. The molecule has 0 spiro atoms. The van der Waals surface area contributed by atoms with Crippen molar-refractivity contribution in [1.29, 1.82) is 0 Å². The third-order valence-electron chi connectivity index (χ3n) is 6.69. The van der Waals surface area contributed by atoms with Crippen LogP contribution in [0.4, 0.5) is 0 Å². The van der Waals surface area contributed by atoms with Crippen LogP contribution >= 0.6 is 12.4 Å². The average molecular weight is 433 g/mol. The first kappa shape index (κ1) is 20.0. The lowest BCUT2D eigenvalue weighted by Gasteiger charge is -2.29. The highest BCUT2D eigenvalue weighted by Gasteiger charge is 2.33. The summed E-state index contributed by atoms with van der Waals surface area (Å²) in [6, 6.07) is 14.6. The molecule has 158 valence electrons. The largest absolute Gasteiger partial charge is 0.358 e. The van der Waals surface area contributed by atoms with Gasteiger partial charge < -0.3 is 4.98 Å². The second-order valence-electron chi connectivity index (χ2n) is 8.50. The number of H-pyrrole nitrogens is 1. The molecule has 3 aromatic heterocycles. The molecular formula is C25H25ClN4O. The Bertz CT molecular complexity index is 1320. The van der Waals surface area contributed by atoms with E-state index in [1.165, 1.54) is 36.0 Å². The lowest BCUT2D eigenvalue weighted by atomic mass is 9.96. The molecule has 2 aliphatic rings. The first-order valence-corrected chi connectivity index (χ1v) is 10.7. The zero-order valence-corrected chi connectivity index (χ0v) is 18.3. The Morgan fingerprint density at radius 3 is 2.77 bits per heavy atom. The molecular weight excluding hydrogens is 408 g/mol. The lowest BCUT2D eigenvalue weighted by Crippen LogP contribution is -2.30. The molecule has 6 heteroatoms. The second kappa shape index (κ2) is 7.66. The summed E-state index contributed by atoms with van der Waals surface area (Å²) in [7, 11) is 0. The summed E-state index contributed by atoms with van der Waals surface area (Å²) < 4.78 is 1.71. The topological polar surface area (TPSA) is 53.9 Å². The summed E-state index contributed by atoms with van der Waals surface area (Å²) in [5.41, 5.74) is 7.66. The predicted octanol–water partition coefficient (Wildman–Crippen LogP) is 4.80. The highest BCUT2D eigenvalue weighted by atomic mass is 35.5. The zero-order chi connectivity index (χ0) is 20.2. The minimum absolute atomic E-state index is 0. The molecule has 6 rings (SSSR count). The van der Waals surface area contributed by atoms with Gasteiger partial charge in [0.2, 0.25) is 0 Å². The summed E-state index contributed by atoms with van der Waals surface area (Å²) in [6.45, 7) is 4.32. The third kappa shape index (κ3) is 3.29. The first-order chi connectivity index (χ1) is 14.7. The van der Waals surface area contributed by atoms with Crippen LogP contribution in [0.2, 0.25) is 0 Å². The monoisotopic (exact) mass is 432 g/mol. The van der Waals surface area contributed by atoms with Crippen molar-refractivity contribution < 1.29 is 0 Å². The van der Waals surface area contributed by atoms with E-state index in [1.807, 2.05) is 37.5 Å². The van der Waals surface area contributed by atoms with Crippen LogP contribution in [0, 0.1) is 6.92 Å². The van der Waals surface area contributed by atoms with Gasteiger partial charge in [-0.3, -0.25) is 19.2 Å². The summed E-state index contributed by atoms with van der Waals surface area (Å²) in [5.74, 6) is 0. The normalized spacial score (nSPS) is 17.9. The van der Waals surface area contributed by atoms with Gasteiger partial charge in [-0.25, -0.2) is 0 Å². The number of halogens is 1. The maximum absolute atomic E-state index is 12.9. The number of rotatable bonds is 2. The van der Waals surface area contributed by atoms with E-state index in [9.17, 15) is 4.79 Å². The van der Waals surface area contributed by atoms with Gasteiger partial charge in [-0.2, -0.15) is 0 Å². The van der Waals surface area contributed by atoms with Crippen molar-refractivity contribution in [1.82, 2.24) is 19.4 Å². The molecule has 1 N–H and O–H groups in total. The number of hydrogen-bond donors (Lipinski definition) is 1. The molecule has 4 aromatic rings. The smallest absolute Gasteiger partial charge is 0.255 e. The van der Waals surface area contributed by atoms with Crippen LogP contribution in [0.25, 0.3) is 27.7 Å². The Morgan fingerprint density at radius 1 is 1.06 bits per heavy atom. The van der Waals surface area contributed by atoms with Crippen LogP contribution in [-0.4, -0.2) is 32.5 Å². The van der Waals surface area contributed by atoms with Crippen LogP contribution in [0.15, 0.2) is 59.7 Å². The van der Waals surface area contributed by atoms with Crippen molar-refractivity contribution in [3.8, 4) is 16.8 Å². The number of nitrogens with zero attached hydrogens (tertiary/aromatic N) is 3. The molecule has 0 aliphatic carbocycles. The van der Waals surface area contributed by atoms with Crippen molar-refractivity contribution >= 4 is 23.3 Å². The molecule has 1 fully saturated rings. The molecule has 5 nitrogen and oxygen atoms in total. The van der Waals surface area contributed by atoms with Gasteiger partial charge >= 0.3 is 0 Å². The van der Waals surface area contributed by atoms with E-state index in [1.54, 1.807) is 10.6 Å². The van der Waals surface area contributed by atoms with Gasteiger partial charge in [-0.15, -0.1) is 12.4 Å². The SMILES string of the molecule is Cc1ccc(-c2ccn(-c3ccc4c5c([nH]c4c3)CCN3CCCC53)c(=O)c2)cn1.Cl. The van der Waals surface area contributed by atoms with Crippen molar-refractivity contribution in [2.45, 2.75) is 32.2 Å². The number of pyridine rings is 2. The molecule has 0 radical (unpaired) electrons. The Morgan fingerprint density at radius 2 is 1.97 bits per heavy atom. The number of aromatic amines is 1. The Balaban J connectivity index is 0.00000204. The zero-order valence-electron chi connectivity index (χ0n) is 17.5. The lowest BCUT2D eigenvalue weighted by molar-refractivity contribution is 0.244. The first-order valence-electron chi connectivity index (χ1n) is 10.7. The van der Waals surface area contributed by atoms with Crippen LogP contribution in [-0.2, 0) is 6.42 Å². The van der Waals surface area contributed by atoms with Gasteiger partial charge in [-0.05, 0) is 61.7 Å². The number of nitrogens with one attached hydrogen (secondary N) is 1. The van der Waals surface area contributed by atoms with Gasteiger partial charge in [0.15, 0.2) is 0 Å². The number of benzene rings is 1. The summed E-state index contributed by atoms with van der Waals surface area (Å²) >= 11 is 0. The van der Waals surface area contributed by atoms with Crippen LogP contribution in [0.1, 0.15) is 35.8 Å². The molecule has 5 heterocycles. The fraction of sp³-hybridized carbons (Fsp3) is 0.280. The fourth-order valence-electron chi connectivity index (χ4n) is 5.18. The predicted molar refractivity (Wildman–Crippen MR) is 126 cm³/mol. The molecule has 1 unspecified atom stereocenters. The number of aryl methyl sites for hydroxylation is 1. The number of aromatic nitrogens is 3. The van der Waals surface area contributed by atoms with E-state index in [4.69, 9.17) is 0 Å². The molecule has 1 saturated heterocycles. The van der Waals surface area contributed by atoms with E-state index >= 15 is 0 Å². The van der Waals surface area contributed by atoms with Crippen molar-refractivity contribution in [2.24, 2.45) is 0 Å². The van der Waals surface area contributed by atoms with Crippen molar-refractivity contribution in [3.05, 3.63) is 82.2 Å². The number of fused-ring (bicyclic) bond motifs is 5. The highest BCUT2D eigenvalue weighted by Crippen LogP contribution is 2.41. The molecule has 1 atom stereocenters. The van der Waals surface area contributed by atoms with Gasteiger partial charge in [0, 0.05) is 65.3 Å².